The van der Waals surface area contributed by atoms with Gasteiger partial charge in [0.05, 0.1) is 27.8 Å². The Labute approximate surface area is 544 Å². The molecule has 14 rings (SSSR count). The molecular formula is C70H87N11O13. The second kappa shape index (κ2) is 27.4. The van der Waals surface area contributed by atoms with Crippen LogP contribution in [-0.4, -0.2) is 184 Å². The third kappa shape index (κ3) is 13.8. The molecule has 1 spiro atoms. The van der Waals surface area contributed by atoms with Crippen LogP contribution in [-0.2, 0) is 42.2 Å². The molecule has 4 aromatic carbocycles. The number of nitrogens with zero attached hydrogens (tertiary/aromatic N) is 7. The van der Waals surface area contributed by atoms with E-state index in [1.807, 2.05) is 84.3 Å². The fourth-order valence-corrected chi connectivity index (χ4v) is 16.1. The molecule has 24 heteroatoms. The first-order chi connectivity index (χ1) is 45.4. The van der Waals surface area contributed by atoms with Crippen LogP contribution >= 0.6 is 0 Å². The Morgan fingerprint density at radius 1 is 0.532 bits per heavy atom. The number of benzene rings is 4. The fourth-order valence-electron chi connectivity index (χ4n) is 16.1. The summed E-state index contributed by atoms with van der Waals surface area (Å²) in [6.45, 7) is 12.3. The van der Waals surface area contributed by atoms with Gasteiger partial charge < -0.3 is 57.4 Å². The van der Waals surface area contributed by atoms with Crippen LogP contribution < -0.4 is 22.5 Å². The van der Waals surface area contributed by atoms with Gasteiger partial charge in [-0.2, -0.15) is 0 Å². The van der Waals surface area contributed by atoms with Crippen molar-refractivity contribution in [3.63, 3.8) is 0 Å². The van der Waals surface area contributed by atoms with E-state index in [4.69, 9.17) is 23.0 Å². The van der Waals surface area contributed by atoms with Gasteiger partial charge in [0.2, 0.25) is 0 Å². The van der Waals surface area contributed by atoms with Crippen molar-refractivity contribution in [3.8, 4) is 0 Å². The number of para-hydroxylation sites is 3. The van der Waals surface area contributed by atoms with Gasteiger partial charge in [-0.3, -0.25) is 29.4 Å². The van der Waals surface area contributed by atoms with E-state index in [1.165, 1.54) is 25.7 Å². The average molecular weight is 1290 g/mol. The van der Waals surface area contributed by atoms with Crippen molar-refractivity contribution in [2.45, 2.75) is 128 Å². The van der Waals surface area contributed by atoms with Crippen molar-refractivity contribution in [1.29, 1.82) is 0 Å². The fraction of sp³-hybridized carbons (Fsp3) is 0.543. The van der Waals surface area contributed by atoms with E-state index in [0.717, 1.165) is 96.4 Å². The number of rotatable bonds is 11. The highest BCUT2D eigenvalue weighted by Crippen LogP contribution is 2.44. The van der Waals surface area contributed by atoms with E-state index < -0.39 is 47.6 Å². The normalized spacial score (nSPS) is 20.6. The smallest absolute Gasteiger partial charge is 0.417 e. The zero-order valence-electron chi connectivity index (χ0n) is 54.3. The van der Waals surface area contributed by atoms with E-state index in [-0.39, 0.29) is 36.4 Å². The van der Waals surface area contributed by atoms with Crippen molar-refractivity contribution in [1.82, 2.24) is 48.9 Å². The molecule has 7 aromatic rings. The number of oxazole rings is 2. The van der Waals surface area contributed by atoms with Crippen molar-refractivity contribution in [3.05, 3.63) is 132 Å². The molecule has 10 heterocycles. The number of hydrogen-bond donors (Lipinski definition) is 4. The number of anilines is 1. The molecule has 5 amide bonds. The van der Waals surface area contributed by atoms with Crippen LogP contribution in [0.5, 0.6) is 0 Å². The minimum atomic E-state index is -1.04. The first-order valence-corrected chi connectivity index (χ1v) is 33.8. The Morgan fingerprint density at radius 2 is 0.968 bits per heavy atom. The SMILES string of the molecule is Cc1cc(CC(OC(=O)N2CCC(n3c(=O)[nH]c4ccccc43)CC2)C(=O)N2CCC(C3CCN(C)CC3)CC2)cc2oc(=O)[nH]c12.Cc1cc(CC(OC(=O)N2CCC3(CC2)OC(=O)Nc2ccccc23)C(=O)N2CCC(C3CCN(C)CC3)CC2)cc2oc(=O)[nH]c12. The molecule has 2 unspecified atom stereocenters. The van der Waals surface area contributed by atoms with Gasteiger partial charge in [0, 0.05) is 89.6 Å². The molecule has 0 aliphatic carbocycles. The summed E-state index contributed by atoms with van der Waals surface area (Å²) in [5.41, 5.74) is 7.44. The monoisotopic (exact) mass is 1290 g/mol. The van der Waals surface area contributed by atoms with E-state index in [9.17, 15) is 38.4 Å². The zero-order valence-corrected chi connectivity index (χ0v) is 54.3. The molecule has 0 bridgehead atoms. The van der Waals surface area contributed by atoms with Crippen LogP contribution in [0.2, 0.25) is 0 Å². The molecule has 2 atom stereocenters. The van der Waals surface area contributed by atoms with Crippen LogP contribution in [0.4, 0.5) is 20.1 Å². The van der Waals surface area contributed by atoms with Gasteiger partial charge in [0.15, 0.2) is 23.4 Å². The summed E-state index contributed by atoms with van der Waals surface area (Å²) >= 11 is 0. The third-order valence-electron chi connectivity index (χ3n) is 21.5. The molecule has 0 saturated carbocycles. The third-order valence-corrected chi connectivity index (χ3v) is 21.5. The number of ether oxygens (including phenoxy) is 3. The maximum absolute atomic E-state index is 14.1. The molecule has 0 radical (unpaired) electrons. The van der Waals surface area contributed by atoms with Crippen LogP contribution in [0.3, 0.4) is 0 Å². The number of hydrogen-bond acceptors (Lipinski definition) is 15. The predicted molar refractivity (Wildman–Crippen MR) is 352 cm³/mol. The van der Waals surface area contributed by atoms with Gasteiger partial charge in [0.1, 0.15) is 5.60 Å². The number of likely N-dealkylation sites (tertiary alicyclic amines) is 6. The number of fused-ring (bicyclic) bond motifs is 5. The number of aromatic amines is 3. The van der Waals surface area contributed by atoms with Gasteiger partial charge in [-0.25, -0.2) is 28.8 Å². The van der Waals surface area contributed by atoms with Crippen LogP contribution in [0, 0.1) is 37.5 Å². The number of aromatic nitrogens is 4. The summed E-state index contributed by atoms with van der Waals surface area (Å²) < 4.78 is 30.4. The number of nitrogens with one attached hydrogen (secondary N) is 4. The summed E-state index contributed by atoms with van der Waals surface area (Å²) in [6.07, 6.45) is 7.32. The first-order valence-electron chi connectivity index (χ1n) is 33.8. The lowest BCUT2D eigenvalue weighted by Gasteiger charge is -2.44. The molecule has 24 nitrogen and oxygen atoms in total. The molecule has 3 aromatic heterocycles. The second-order valence-corrected chi connectivity index (χ2v) is 27.4. The van der Waals surface area contributed by atoms with E-state index in [2.05, 4.69) is 44.2 Å². The molecule has 4 N–H and O–H groups in total. The van der Waals surface area contributed by atoms with E-state index in [0.29, 0.717) is 124 Å². The Bertz CT molecular complexity index is 4100. The minimum Gasteiger partial charge on any atom is -0.438 e. The quantitative estimate of drug-likeness (QED) is 0.0882. The lowest BCUT2D eigenvalue weighted by molar-refractivity contribution is -0.143. The summed E-state index contributed by atoms with van der Waals surface area (Å²) in [6, 6.07) is 22.4. The van der Waals surface area contributed by atoms with Crippen LogP contribution in [0.25, 0.3) is 33.2 Å². The predicted octanol–water partition coefficient (Wildman–Crippen LogP) is 8.65. The number of carbonyl (C=O) groups excluding carboxylic acids is 5. The van der Waals surface area contributed by atoms with Crippen molar-refractivity contribution < 1.29 is 47.0 Å². The zero-order chi connectivity index (χ0) is 65.4. The summed E-state index contributed by atoms with van der Waals surface area (Å²) in [5.74, 6) is 1.13. The molecule has 500 valence electrons. The van der Waals surface area contributed by atoms with Crippen molar-refractivity contribution >= 4 is 69.0 Å². The van der Waals surface area contributed by atoms with Crippen LogP contribution in [0.1, 0.15) is 111 Å². The summed E-state index contributed by atoms with van der Waals surface area (Å²) in [7, 11) is 4.35. The standard InChI is InChI=1S/C35H44N6O6.C35H43N5O7/c1-22-19-23(20-29-31(22)37-34(44)46-29)21-30(32(42)39-15-9-25(10-16-39)24-7-13-38(2)14-8-24)47-35(45)40-17-11-26(12-18-40)41-28-6-4-3-5-27(28)36-33(41)43;1-22-19-23(20-28-30(22)37-32(42)45-28)21-29(31(41)39-15-9-25(10-16-39)24-7-13-38(2)14-8-24)46-34(44)40-17-11-35(12-18-40)26-5-3-4-6-27(26)36-33(43)47-35/h3-6,19-20,24-26,30H,7-18,21H2,1-2H3,(H,36,43)(H,37,44);3-6,19-20,24-25,29H,7-18,21H2,1-2H3,(H,36,43)(H,37,42). The highest BCUT2D eigenvalue weighted by atomic mass is 16.6. The van der Waals surface area contributed by atoms with E-state index >= 15 is 0 Å². The van der Waals surface area contributed by atoms with E-state index in [1.54, 1.807) is 26.5 Å². The maximum atomic E-state index is 14.1. The number of amides is 5. The molecule has 7 aliphatic rings. The number of imidazole rings is 1. The van der Waals surface area contributed by atoms with Gasteiger partial charge >= 0.3 is 35.5 Å². The van der Waals surface area contributed by atoms with Crippen LogP contribution in [0.15, 0.2) is 96.0 Å². The first kappa shape index (κ1) is 64.1. The van der Waals surface area contributed by atoms with Crippen molar-refractivity contribution in [2.24, 2.45) is 23.7 Å². The summed E-state index contributed by atoms with van der Waals surface area (Å²) in [4.78, 5) is 124. The van der Waals surface area contributed by atoms with Crippen molar-refractivity contribution in [2.75, 3.05) is 97.9 Å². The highest BCUT2D eigenvalue weighted by Gasteiger charge is 2.46. The number of aryl methyl sites for hydroxylation is 2. The molecule has 6 saturated heterocycles. The Kier molecular flexibility index (Phi) is 18.7. The average Bonchev–Trinajstić information content (AvgIpc) is 0.999. The Balaban J connectivity index is 0.000000171. The highest BCUT2D eigenvalue weighted by molar-refractivity contribution is 5.89. The number of carbonyl (C=O) groups is 5. The Morgan fingerprint density at radius 3 is 1.47 bits per heavy atom. The molecule has 7 aliphatic heterocycles. The minimum absolute atomic E-state index is 0.0447. The largest absolute Gasteiger partial charge is 0.438 e. The van der Waals surface area contributed by atoms with Gasteiger partial charge in [0.25, 0.3) is 11.8 Å². The number of piperidine rings is 6. The summed E-state index contributed by atoms with van der Waals surface area (Å²) in [5, 5.41) is 2.76. The van der Waals surface area contributed by atoms with Gasteiger partial charge in [-0.15, -0.1) is 0 Å². The lowest BCUT2D eigenvalue weighted by atomic mass is 9.79. The molecule has 6 fully saturated rings. The molecular weight excluding hydrogens is 1200 g/mol. The maximum Gasteiger partial charge on any atom is 0.417 e. The Hall–Kier alpha value is -8.64. The number of H-pyrrole nitrogens is 3. The second-order valence-electron chi connectivity index (χ2n) is 27.4. The van der Waals surface area contributed by atoms with Gasteiger partial charge in [-0.05, 0) is 195 Å². The molecule has 94 heavy (non-hydrogen) atoms. The topological polar surface area (TPSA) is 274 Å². The van der Waals surface area contributed by atoms with Gasteiger partial charge in [-0.1, -0.05) is 42.5 Å². The lowest BCUT2D eigenvalue weighted by Crippen LogP contribution is -2.52.